The highest BCUT2D eigenvalue weighted by atomic mass is 16.5. The minimum absolute atomic E-state index is 0.0264. The topological polar surface area (TPSA) is 91.7 Å². The first kappa shape index (κ1) is 14.4. The number of nitrogens with zero attached hydrogens (tertiary/aromatic N) is 1. The van der Waals surface area contributed by atoms with Gasteiger partial charge in [-0.15, -0.1) is 0 Å². The highest BCUT2D eigenvalue weighted by Gasteiger charge is 2.11. The zero-order chi connectivity index (χ0) is 13.5. The van der Waals surface area contributed by atoms with Gasteiger partial charge < -0.3 is 20.3 Å². The number of carbonyl (C=O) groups is 1. The summed E-state index contributed by atoms with van der Waals surface area (Å²) in [6.07, 6.45) is 0.506. The second-order valence-corrected chi connectivity index (χ2v) is 4.00. The number of aromatic carboxylic acids is 1. The van der Waals surface area contributed by atoms with Crippen LogP contribution in [-0.2, 0) is 4.74 Å². The molecular weight excluding hydrogens is 236 g/mol. The number of pyridine rings is 1. The molecule has 1 unspecified atom stereocenters. The summed E-state index contributed by atoms with van der Waals surface area (Å²) in [7, 11) is 1.57. The molecule has 6 heteroatoms. The second kappa shape index (κ2) is 6.93. The van der Waals surface area contributed by atoms with Crippen molar-refractivity contribution >= 4 is 11.8 Å². The molecule has 100 valence electrons. The van der Waals surface area contributed by atoms with Gasteiger partial charge in [-0.05, 0) is 25.5 Å². The van der Waals surface area contributed by atoms with E-state index in [1.165, 1.54) is 12.1 Å². The fraction of sp³-hybridized carbons (Fsp3) is 0.500. The third kappa shape index (κ3) is 4.31. The number of aliphatic hydroxyl groups excluding tert-OH is 1. The van der Waals surface area contributed by atoms with Gasteiger partial charge in [0.05, 0.1) is 18.2 Å². The smallest absolute Gasteiger partial charge is 0.335 e. The Morgan fingerprint density at radius 1 is 1.56 bits per heavy atom. The van der Waals surface area contributed by atoms with Crippen LogP contribution < -0.4 is 5.32 Å². The fourth-order valence-electron chi connectivity index (χ4n) is 1.63. The molecule has 1 atom stereocenters. The van der Waals surface area contributed by atoms with Crippen LogP contribution in [0.3, 0.4) is 0 Å². The van der Waals surface area contributed by atoms with E-state index in [9.17, 15) is 4.79 Å². The number of anilines is 1. The molecule has 0 spiro atoms. The van der Waals surface area contributed by atoms with Gasteiger partial charge in [-0.2, -0.15) is 0 Å². The number of aliphatic hydroxyl groups is 1. The molecule has 0 radical (unpaired) electrons. The average molecular weight is 254 g/mol. The number of aryl methyl sites for hydroxylation is 1. The molecular formula is C12H18N2O4. The van der Waals surface area contributed by atoms with E-state index in [4.69, 9.17) is 14.9 Å². The number of hydrogen-bond acceptors (Lipinski definition) is 5. The number of ether oxygens (including phenoxy) is 1. The summed E-state index contributed by atoms with van der Waals surface area (Å²) >= 11 is 0. The minimum Gasteiger partial charge on any atom is -0.478 e. The molecule has 0 saturated carbocycles. The summed E-state index contributed by atoms with van der Waals surface area (Å²) in [5.41, 5.74) is 0.808. The maximum Gasteiger partial charge on any atom is 0.335 e. The summed E-state index contributed by atoms with van der Waals surface area (Å²) < 4.78 is 5.02. The number of carboxylic acid groups (broad SMARTS) is 1. The maximum atomic E-state index is 10.9. The van der Waals surface area contributed by atoms with Gasteiger partial charge in [0.2, 0.25) is 0 Å². The van der Waals surface area contributed by atoms with Crippen LogP contribution in [0, 0.1) is 6.92 Å². The Morgan fingerprint density at radius 3 is 2.83 bits per heavy atom. The van der Waals surface area contributed by atoms with Crippen LogP contribution in [0.5, 0.6) is 0 Å². The Bertz CT molecular complexity index is 403. The van der Waals surface area contributed by atoms with Crippen molar-refractivity contribution < 1.29 is 19.7 Å². The molecule has 0 aliphatic rings. The van der Waals surface area contributed by atoms with Crippen molar-refractivity contribution in [2.45, 2.75) is 19.4 Å². The maximum absolute atomic E-state index is 10.9. The first-order valence-corrected chi connectivity index (χ1v) is 5.65. The highest BCUT2D eigenvalue weighted by molar-refractivity contribution is 5.88. The van der Waals surface area contributed by atoms with Crippen LogP contribution in [0.2, 0.25) is 0 Å². The highest BCUT2D eigenvalue weighted by Crippen LogP contribution is 2.12. The molecule has 0 aliphatic carbocycles. The average Bonchev–Trinajstić information content (AvgIpc) is 2.28. The van der Waals surface area contributed by atoms with Crippen molar-refractivity contribution in [2.75, 3.05) is 25.6 Å². The van der Waals surface area contributed by atoms with Gasteiger partial charge in [-0.25, -0.2) is 9.78 Å². The molecule has 1 aromatic rings. The van der Waals surface area contributed by atoms with E-state index < -0.39 is 5.97 Å². The van der Waals surface area contributed by atoms with E-state index in [0.29, 0.717) is 24.5 Å². The van der Waals surface area contributed by atoms with Gasteiger partial charge in [0, 0.05) is 19.4 Å². The predicted molar refractivity (Wildman–Crippen MR) is 66.9 cm³/mol. The summed E-state index contributed by atoms with van der Waals surface area (Å²) in [6, 6.07) is 2.87. The monoisotopic (exact) mass is 254 g/mol. The van der Waals surface area contributed by atoms with Gasteiger partial charge in [0.1, 0.15) is 5.82 Å². The Morgan fingerprint density at radius 2 is 2.28 bits per heavy atom. The number of methoxy groups -OCH3 is 1. The first-order valence-electron chi connectivity index (χ1n) is 5.65. The molecule has 1 rings (SSSR count). The van der Waals surface area contributed by atoms with E-state index in [0.717, 1.165) is 0 Å². The second-order valence-electron chi connectivity index (χ2n) is 4.00. The third-order valence-electron chi connectivity index (χ3n) is 2.40. The van der Waals surface area contributed by atoms with E-state index >= 15 is 0 Å². The molecule has 0 fully saturated rings. The Labute approximate surface area is 106 Å². The van der Waals surface area contributed by atoms with Crippen LogP contribution in [-0.4, -0.2) is 47.5 Å². The van der Waals surface area contributed by atoms with Crippen LogP contribution in [0.4, 0.5) is 5.82 Å². The van der Waals surface area contributed by atoms with Crippen molar-refractivity contribution in [3.05, 3.63) is 23.4 Å². The third-order valence-corrected chi connectivity index (χ3v) is 2.40. The van der Waals surface area contributed by atoms with E-state index in [1.54, 1.807) is 14.0 Å². The van der Waals surface area contributed by atoms with Crippen LogP contribution >= 0.6 is 0 Å². The SMILES string of the molecule is COCC(CCO)Nc1cc(C(=O)O)cc(C)n1. The predicted octanol–water partition coefficient (Wildman–Crippen LogP) is 0.898. The quantitative estimate of drug-likeness (QED) is 0.669. The Balaban J connectivity index is 2.84. The minimum atomic E-state index is -0.992. The molecule has 0 bridgehead atoms. The summed E-state index contributed by atoms with van der Waals surface area (Å²) in [5.74, 6) is -0.517. The Kier molecular flexibility index (Phi) is 5.54. The molecule has 0 saturated heterocycles. The zero-order valence-corrected chi connectivity index (χ0v) is 10.5. The molecule has 0 aromatic carbocycles. The molecule has 1 heterocycles. The van der Waals surface area contributed by atoms with Crippen LogP contribution in [0.25, 0.3) is 0 Å². The lowest BCUT2D eigenvalue weighted by atomic mass is 10.2. The molecule has 0 amide bonds. The first-order chi connectivity index (χ1) is 8.56. The van der Waals surface area contributed by atoms with Crippen LogP contribution in [0.1, 0.15) is 22.5 Å². The Hall–Kier alpha value is -1.66. The number of aromatic nitrogens is 1. The number of hydrogen-bond donors (Lipinski definition) is 3. The lowest BCUT2D eigenvalue weighted by molar-refractivity contribution is 0.0696. The van der Waals surface area contributed by atoms with E-state index in [-0.39, 0.29) is 18.2 Å². The largest absolute Gasteiger partial charge is 0.478 e. The molecule has 6 nitrogen and oxygen atoms in total. The van der Waals surface area contributed by atoms with E-state index in [2.05, 4.69) is 10.3 Å². The normalized spacial score (nSPS) is 12.2. The van der Waals surface area contributed by atoms with Crippen molar-refractivity contribution in [3.63, 3.8) is 0 Å². The van der Waals surface area contributed by atoms with Gasteiger partial charge in [-0.3, -0.25) is 0 Å². The molecule has 18 heavy (non-hydrogen) atoms. The van der Waals surface area contributed by atoms with E-state index in [1.807, 2.05) is 0 Å². The lowest BCUT2D eigenvalue weighted by Crippen LogP contribution is -2.26. The summed E-state index contributed by atoms with van der Waals surface area (Å²) in [4.78, 5) is 15.1. The fourth-order valence-corrected chi connectivity index (χ4v) is 1.63. The van der Waals surface area contributed by atoms with Gasteiger partial charge in [0.15, 0.2) is 0 Å². The molecule has 0 aliphatic heterocycles. The zero-order valence-electron chi connectivity index (χ0n) is 10.5. The lowest BCUT2D eigenvalue weighted by Gasteiger charge is -2.18. The molecule has 1 aromatic heterocycles. The van der Waals surface area contributed by atoms with Gasteiger partial charge in [0.25, 0.3) is 0 Å². The number of rotatable bonds is 7. The van der Waals surface area contributed by atoms with Gasteiger partial charge >= 0.3 is 5.97 Å². The standard InChI is InChI=1S/C12H18N2O4/c1-8-5-9(12(16)17)6-11(13-8)14-10(3-4-15)7-18-2/h5-6,10,15H,3-4,7H2,1-2H3,(H,13,14)(H,16,17). The summed E-state index contributed by atoms with van der Waals surface area (Å²) in [6.45, 7) is 2.17. The number of carboxylic acids is 1. The van der Waals surface area contributed by atoms with Gasteiger partial charge in [-0.1, -0.05) is 0 Å². The van der Waals surface area contributed by atoms with Crippen molar-refractivity contribution in [1.82, 2.24) is 4.98 Å². The van der Waals surface area contributed by atoms with Crippen molar-refractivity contribution in [1.29, 1.82) is 0 Å². The summed E-state index contributed by atoms with van der Waals surface area (Å²) in [5, 5.41) is 20.9. The number of nitrogens with one attached hydrogen (secondary N) is 1. The molecule has 3 N–H and O–H groups in total. The van der Waals surface area contributed by atoms with Crippen molar-refractivity contribution in [2.24, 2.45) is 0 Å². The van der Waals surface area contributed by atoms with Crippen LogP contribution in [0.15, 0.2) is 12.1 Å². The van der Waals surface area contributed by atoms with Crippen molar-refractivity contribution in [3.8, 4) is 0 Å².